The first-order valence-electron chi connectivity index (χ1n) is 7.65. The fraction of sp³-hybridized carbons (Fsp3) is 0.222. The van der Waals surface area contributed by atoms with Gasteiger partial charge in [0.2, 0.25) is 0 Å². The van der Waals surface area contributed by atoms with E-state index in [1.807, 2.05) is 26.0 Å². The molecule has 3 aromatic rings. The maximum absolute atomic E-state index is 12.3. The van der Waals surface area contributed by atoms with Crippen LogP contribution in [-0.4, -0.2) is 26.2 Å². The number of aromatic nitrogens is 4. The monoisotopic (exact) mass is 333 g/mol. The molecule has 0 spiro atoms. The van der Waals surface area contributed by atoms with Crippen molar-refractivity contribution >= 4 is 5.65 Å². The molecule has 0 atom stereocenters. The van der Waals surface area contributed by atoms with Gasteiger partial charge >= 0.3 is 11.7 Å². The molecule has 0 radical (unpaired) electrons. The second kappa shape index (κ2) is 6.50. The zero-order valence-electron chi connectivity index (χ0n) is 13.8. The summed E-state index contributed by atoms with van der Waals surface area (Å²) >= 11 is 0. The molecule has 0 saturated carbocycles. The van der Waals surface area contributed by atoms with Gasteiger partial charge in [-0.1, -0.05) is 31.9 Å². The van der Waals surface area contributed by atoms with Crippen LogP contribution in [0.2, 0.25) is 0 Å². The van der Waals surface area contributed by atoms with Crippen molar-refractivity contribution in [1.29, 1.82) is 5.26 Å². The molecule has 0 bridgehead atoms. The first kappa shape index (κ1) is 16.3. The molecule has 0 aliphatic heterocycles. The SMILES string of the molecule is C#CCOc1nc2c(-c3ccc(C#N)cc3)c(C(C)C)nn2c(=O)[nH]1. The Morgan fingerprint density at radius 3 is 2.68 bits per heavy atom. The van der Waals surface area contributed by atoms with Crippen LogP contribution in [0.5, 0.6) is 6.01 Å². The van der Waals surface area contributed by atoms with Crippen LogP contribution in [0.4, 0.5) is 0 Å². The number of ether oxygens (including phenoxy) is 1. The van der Waals surface area contributed by atoms with Crippen LogP contribution >= 0.6 is 0 Å². The van der Waals surface area contributed by atoms with Gasteiger partial charge in [0.05, 0.1) is 22.9 Å². The van der Waals surface area contributed by atoms with Crippen LogP contribution in [-0.2, 0) is 0 Å². The second-order valence-electron chi connectivity index (χ2n) is 5.68. The van der Waals surface area contributed by atoms with Crippen molar-refractivity contribution in [2.45, 2.75) is 19.8 Å². The van der Waals surface area contributed by atoms with Crippen LogP contribution in [0.25, 0.3) is 16.8 Å². The molecule has 3 rings (SSSR count). The molecule has 7 heteroatoms. The number of nitrogens with one attached hydrogen (secondary N) is 1. The topological polar surface area (TPSA) is 96.1 Å². The number of fused-ring (bicyclic) bond motifs is 1. The molecule has 124 valence electrons. The predicted octanol–water partition coefficient (Wildman–Crippen LogP) is 2.09. The lowest BCUT2D eigenvalue weighted by Crippen LogP contribution is -2.20. The Hall–Kier alpha value is -3.58. The standard InChI is InChI=1S/C18H15N5O2/c1-4-9-25-17-20-16-14(13-7-5-12(10-19)6-8-13)15(11(2)3)22-23(16)18(24)21-17/h1,5-8,11H,9H2,2-3H3,(H,20,21,24). The first-order chi connectivity index (χ1) is 12.0. The van der Waals surface area contributed by atoms with E-state index in [-0.39, 0.29) is 18.5 Å². The number of aromatic amines is 1. The van der Waals surface area contributed by atoms with E-state index in [0.717, 1.165) is 16.8 Å². The van der Waals surface area contributed by atoms with Gasteiger partial charge in [-0.3, -0.25) is 4.98 Å². The molecule has 0 aliphatic rings. The molecule has 1 N–H and O–H groups in total. The van der Waals surface area contributed by atoms with E-state index < -0.39 is 5.69 Å². The van der Waals surface area contributed by atoms with E-state index in [0.29, 0.717) is 11.2 Å². The van der Waals surface area contributed by atoms with Gasteiger partial charge in [-0.05, 0) is 23.6 Å². The fourth-order valence-electron chi connectivity index (χ4n) is 2.51. The highest BCUT2D eigenvalue weighted by atomic mass is 16.5. The fourth-order valence-corrected chi connectivity index (χ4v) is 2.51. The van der Waals surface area contributed by atoms with Crippen molar-refractivity contribution in [2.24, 2.45) is 0 Å². The van der Waals surface area contributed by atoms with E-state index >= 15 is 0 Å². The van der Waals surface area contributed by atoms with Gasteiger partial charge in [0.25, 0.3) is 0 Å². The lowest BCUT2D eigenvalue weighted by atomic mass is 9.99. The molecule has 2 heterocycles. The average Bonchev–Trinajstić information content (AvgIpc) is 3.00. The Kier molecular flexibility index (Phi) is 4.23. The lowest BCUT2D eigenvalue weighted by molar-refractivity contribution is 0.337. The van der Waals surface area contributed by atoms with Crippen molar-refractivity contribution in [3.63, 3.8) is 0 Å². The Morgan fingerprint density at radius 2 is 2.08 bits per heavy atom. The number of nitriles is 1. The van der Waals surface area contributed by atoms with E-state index in [1.165, 1.54) is 4.52 Å². The summed E-state index contributed by atoms with van der Waals surface area (Å²) in [6.07, 6.45) is 5.18. The summed E-state index contributed by atoms with van der Waals surface area (Å²) in [5.74, 6) is 2.40. The summed E-state index contributed by atoms with van der Waals surface area (Å²) in [5.41, 5.74) is 2.75. The molecule has 7 nitrogen and oxygen atoms in total. The van der Waals surface area contributed by atoms with Gasteiger partial charge in [-0.15, -0.1) is 6.42 Å². The molecule has 1 aromatic carbocycles. The summed E-state index contributed by atoms with van der Waals surface area (Å²) in [7, 11) is 0. The second-order valence-corrected chi connectivity index (χ2v) is 5.68. The number of benzene rings is 1. The average molecular weight is 333 g/mol. The van der Waals surface area contributed by atoms with E-state index in [1.54, 1.807) is 12.1 Å². The third kappa shape index (κ3) is 2.96. The van der Waals surface area contributed by atoms with Gasteiger partial charge < -0.3 is 4.74 Å². The molecule has 0 unspecified atom stereocenters. The molecule has 0 fully saturated rings. The van der Waals surface area contributed by atoms with E-state index in [4.69, 9.17) is 16.4 Å². The van der Waals surface area contributed by atoms with Crippen LogP contribution in [0.15, 0.2) is 29.1 Å². The molecule has 0 amide bonds. The maximum atomic E-state index is 12.3. The highest BCUT2D eigenvalue weighted by Gasteiger charge is 2.21. The number of rotatable bonds is 4. The Balaban J connectivity index is 2.28. The van der Waals surface area contributed by atoms with Gasteiger partial charge in [0, 0.05) is 0 Å². The maximum Gasteiger partial charge on any atom is 0.352 e. The first-order valence-corrected chi connectivity index (χ1v) is 7.65. The normalized spacial score (nSPS) is 10.6. The minimum Gasteiger partial charge on any atom is -0.451 e. The summed E-state index contributed by atoms with van der Waals surface area (Å²) in [5, 5.41) is 13.4. The van der Waals surface area contributed by atoms with Crippen molar-refractivity contribution in [1.82, 2.24) is 19.6 Å². The molecular weight excluding hydrogens is 318 g/mol. The smallest absolute Gasteiger partial charge is 0.352 e. The Bertz CT molecular complexity index is 1060. The molecule has 0 saturated heterocycles. The summed E-state index contributed by atoms with van der Waals surface area (Å²) in [6.45, 7) is 3.97. The predicted molar refractivity (Wildman–Crippen MR) is 92.2 cm³/mol. The number of H-pyrrole nitrogens is 1. The van der Waals surface area contributed by atoms with Gasteiger partial charge in [0.15, 0.2) is 12.3 Å². The van der Waals surface area contributed by atoms with Crippen LogP contribution < -0.4 is 10.4 Å². The van der Waals surface area contributed by atoms with Crippen LogP contribution in [0.1, 0.15) is 31.0 Å². The summed E-state index contributed by atoms with van der Waals surface area (Å²) < 4.78 is 6.47. The lowest BCUT2D eigenvalue weighted by Gasteiger charge is -2.06. The van der Waals surface area contributed by atoms with Gasteiger partial charge in [-0.25, -0.2) is 4.79 Å². The minimum atomic E-state index is -0.459. The number of nitrogens with zero attached hydrogens (tertiary/aromatic N) is 4. The quantitative estimate of drug-likeness (QED) is 0.738. The molecule has 25 heavy (non-hydrogen) atoms. The number of hydrogen-bond acceptors (Lipinski definition) is 5. The van der Waals surface area contributed by atoms with Crippen molar-refractivity contribution in [2.75, 3.05) is 6.61 Å². The van der Waals surface area contributed by atoms with Crippen molar-refractivity contribution < 1.29 is 4.74 Å². The highest BCUT2D eigenvalue weighted by molar-refractivity contribution is 5.80. The number of terminal acetylenes is 1. The summed E-state index contributed by atoms with van der Waals surface area (Å²) in [4.78, 5) is 19.2. The molecular formula is C18H15N5O2. The minimum absolute atomic E-state index is 0.00348. The highest BCUT2D eigenvalue weighted by Crippen LogP contribution is 2.31. The van der Waals surface area contributed by atoms with Crippen molar-refractivity contribution in [3.8, 4) is 35.6 Å². The van der Waals surface area contributed by atoms with Crippen molar-refractivity contribution in [3.05, 3.63) is 46.0 Å². The van der Waals surface area contributed by atoms with E-state index in [9.17, 15) is 4.79 Å². The molecule has 2 aromatic heterocycles. The van der Waals surface area contributed by atoms with Gasteiger partial charge in [-0.2, -0.15) is 19.9 Å². The summed E-state index contributed by atoms with van der Waals surface area (Å²) in [6, 6.07) is 9.18. The molecule has 0 aliphatic carbocycles. The Labute approximate surface area is 143 Å². The van der Waals surface area contributed by atoms with Crippen LogP contribution in [0.3, 0.4) is 0 Å². The third-order valence-electron chi connectivity index (χ3n) is 3.64. The van der Waals surface area contributed by atoms with Crippen LogP contribution in [0, 0.1) is 23.7 Å². The zero-order valence-corrected chi connectivity index (χ0v) is 13.8. The zero-order chi connectivity index (χ0) is 18.0. The number of hydrogen-bond donors (Lipinski definition) is 1. The van der Waals surface area contributed by atoms with Gasteiger partial charge in [0.1, 0.15) is 0 Å². The largest absolute Gasteiger partial charge is 0.451 e. The van der Waals surface area contributed by atoms with E-state index in [2.05, 4.69) is 27.1 Å². The third-order valence-corrected chi connectivity index (χ3v) is 3.64. The Morgan fingerprint density at radius 1 is 1.36 bits per heavy atom.